The number of nitrogens with zero attached hydrogens (tertiary/aromatic N) is 3. The van der Waals surface area contributed by atoms with Gasteiger partial charge in [0.05, 0.1) is 6.04 Å². The van der Waals surface area contributed by atoms with Gasteiger partial charge < -0.3 is 9.64 Å². The van der Waals surface area contributed by atoms with Crippen molar-refractivity contribution in [2.45, 2.75) is 71.6 Å². The second-order valence-corrected chi connectivity index (χ2v) is 9.05. The first-order chi connectivity index (χ1) is 14.7. The Labute approximate surface area is 185 Å². The van der Waals surface area contributed by atoms with E-state index in [1.54, 1.807) is 11.1 Å². The fraction of sp³-hybridized carbons (Fsp3) is 0.480. The molecular weight excluding hydrogens is 390 g/mol. The van der Waals surface area contributed by atoms with Gasteiger partial charge in [0.15, 0.2) is 0 Å². The van der Waals surface area contributed by atoms with E-state index in [1.165, 1.54) is 0 Å². The Morgan fingerprint density at radius 3 is 2.55 bits per heavy atom. The normalized spacial score (nSPS) is 17.3. The molecule has 2 amide bonds. The highest BCUT2D eigenvalue weighted by Crippen LogP contribution is 2.38. The first kappa shape index (κ1) is 22.8. The maximum atomic E-state index is 13.2. The van der Waals surface area contributed by atoms with Gasteiger partial charge in [-0.1, -0.05) is 31.2 Å². The lowest BCUT2D eigenvalue weighted by molar-refractivity contribution is 0.0565. The van der Waals surface area contributed by atoms with E-state index in [-0.39, 0.29) is 18.0 Å². The molecule has 6 heteroatoms. The molecule has 6 nitrogen and oxygen atoms in total. The van der Waals surface area contributed by atoms with Crippen LogP contribution in [0.25, 0.3) is 0 Å². The summed E-state index contributed by atoms with van der Waals surface area (Å²) in [5.41, 5.74) is 0.946. The number of anilines is 1. The predicted octanol–water partition coefficient (Wildman–Crippen LogP) is 5.60. The fourth-order valence-electron chi connectivity index (χ4n) is 3.92. The third-order valence-electron chi connectivity index (χ3n) is 5.56. The van der Waals surface area contributed by atoms with Gasteiger partial charge in [0.2, 0.25) is 0 Å². The summed E-state index contributed by atoms with van der Waals surface area (Å²) in [7, 11) is 0. The van der Waals surface area contributed by atoms with E-state index in [0.717, 1.165) is 24.8 Å². The highest BCUT2D eigenvalue weighted by Gasteiger charge is 2.36. The Bertz CT molecular complexity index is 908. The summed E-state index contributed by atoms with van der Waals surface area (Å²) in [4.78, 5) is 34.5. The SMILES string of the molecule is CC[C@H](C)N(C(=O)OC(C)(C)C)c1ncccc1[C@H]1CCCN1C(=O)c1ccccc1. The molecule has 0 spiro atoms. The number of amides is 2. The van der Waals surface area contributed by atoms with Gasteiger partial charge in [-0.25, -0.2) is 9.78 Å². The molecule has 1 aliphatic heterocycles. The maximum Gasteiger partial charge on any atom is 0.416 e. The Morgan fingerprint density at radius 2 is 1.90 bits per heavy atom. The summed E-state index contributed by atoms with van der Waals surface area (Å²) in [6.07, 6.45) is 3.78. The van der Waals surface area contributed by atoms with Gasteiger partial charge >= 0.3 is 6.09 Å². The summed E-state index contributed by atoms with van der Waals surface area (Å²) in [5, 5.41) is 0. The molecule has 2 heterocycles. The lowest BCUT2D eigenvalue weighted by Crippen LogP contribution is -2.43. The number of pyridine rings is 1. The van der Waals surface area contributed by atoms with Crippen molar-refractivity contribution in [3.8, 4) is 0 Å². The predicted molar refractivity (Wildman–Crippen MR) is 122 cm³/mol. The zero-order valence-corrected chi connectivity index (χ0v) is 19.2. The highest BCUT2D eigenvalue weighted by molar-refractivity contribution is 5.95. The van der Waals surface area contributed by atoms with E-state index in [4.69, 9.17) is 4.74 Å². The van der Waals surface area contributed by atoms with E-state index in [9.17, 15) is 9.59 Å². The number of aromatic nitrogens is 1. The van der Waals surface area contributed by atoms with E-state index in [1.807, 2.05) is 82.0 Å². The van der Waals surface area contributed by atoms with Gasteiger partial charge in [0.25, 0.3) is 5.91 Å². The van der Waals surface area contributed by atoms with Crippen molar-refractivity contribution < 1.29 is 14.3 Å². The first-order valence-corrected chi connectivity index (χ1v) is 11.1. The van der Waals surface area contributed by atoms with Gasteiger partial charge in [-0.3, -0.25) is 9.69 Å². The van der Waals surface area contributed by atoms with Gasteiger partial charge in [-0.15, -0.1) is 0 Å². The van der Waals surface area contributed by atoms with Crippen LogP contribution in [0.1, 0.15) is 75.8 Å². The van der Waals surface area contributed by atoms with Crippen molar-refractivity contribution in [3.05, 3.63) is 59.8 Å². The van der Waals surface area contributed by atoms with Gasteiger partial charge in [-0.05, 0) is 65.2 Å². The topological polar surface area (TPSA) is 62.7 Å². The molecule has 3 rings (SSSR count). The lowest BCUT2D eigenvalue weighted by Gasteiger charge is -2.34. The van der Waals surface area contributed by atoms with E-state index < -0.39 is 11.7 Å². The standard InChI is InChI=1S/C25H33N3O3/c1-6-18(2)28(24(30)31-25(3,4)5)22-20(14-10-16-26-22)21-15-11-17-27(21)23(29)19-12-8-7-9-13-19/h7-10,12-14,16,18,21H,6,11,15,17H2,1-5H3/t18-,21+/m0/s1. The minimum atomic E-state index is -0.611. The molecule has 31 heavy (non-hydrogen) atoms. The molecule has 0 N–H and O–H groups in total. The van der Waals surface area contributed by atoms with Crippen molar-refractivity contribution in [1.29, 1.82) is 0 Å². The van der Waals surface area contributed by atoms with Crippen LogP contribution in [-0.4, -0.2) is 40.1 Å². The number of carbonyl (C=O) groups excluding carboxylic acids is 2. The third-order valence-corrected chi connectivity index (χ3v) is 5.56. The molecule has 1 fully saturated rings. The molecule has 0 saturated carbocycles. The van der Waals surface area contributed by atoms with Gasteiger partial charge in [-0.2, -0.15) is 0 Å². The molecule has 1 saturated heterocycles. The second kappa shape index (κ2) is 9.50. The molecule has 0 bridgehead atoms. The number of hydrogen-bond donors (Lipinski definition) is 0. The molecule has 0 aliphatic carbocycles. The van der Waals surface area contributed by atoms with Crippen molar-refractivity contribution in [2.24, 2.45) is 0 Å². The number of likely N-dealkylation sites (tertiary alicyclic amines) is 1. The molecule has 0 radical (unpaired) electrons. The average molecular weight is 424 g/mol. The average Bonchev–Trinajstić information content (AvgIpc) is 3.22. The molecule has 1 aromatic heterocycles. The van der Waals surface area contributed by atoms with Crippen LogP contribution in [0.4, 0.5) is 10.6 Å². The minimum absolute atomic E-state index is 0.00487. The van der Waals surface area contributed by atoms with Crippen LogP contribution in [0.5, 0.6) is 0 Å². The van der Waals surface area contributed by atoms with Gasteiger partial charge in [0, 0.05) is 29.9 Å². The smallest absolute Gasteiger partial charge is 0.416 e. The summed E-state index contributed by atoms with van der Waals surface area (Å²) >= 11 is 0. The van der Waals surface area contributed by atoms with E-state index in [0.29, 0.717) is 17.9 Å². The van der Waals surface area contributed by atoms with Crippen molar-refractivity contribution in [3.63, 3.8) is 0 Å². The molecule has 166 valence electrons. The third kappa shape index (κ3) is 5.24. The number of hydrogen-bond acceptors (Lipinski definition) is 4. The highest BCUT2D eigenvalue weighted by atomic mass is 16.6. The molecule has 2 atom stereocenters. The van der Waals surface area contributed by atoms with Crippen LogP contribution in [-0.2, 0) is 4.74 Å². The fourth-order valence-corrected chi connectivity index (χ4v) is 3.92. The number of rotatable bonds is 5. The van der Waals surface area contributed by atoms with Crippen LogP contribution >= 0.6 is 0 Å². The second-order valence-electron chi connectivity index (χ2n) is 9.05. The van der Waals surface area contributed by atoms with Crippen LogP contribution in [0.15, 0.2) is 48.7 Å². The number of benzene rings is 1. The Hall–Kier alpha value is -2.89. The van der Waals surface area contributed by atoms with Crippen LogP contribution < -0.4 is 4.90 Å². The monoisotopic (exact) mass is 423 g/mol. The minimum Gasteiger partial charge on any atom is -0.443 e. The molecule has 1 aliphatic rings. The van der Waals surface area contributed by atoms with Crippen LogP contribution in [0.3, 0.4) is 0 Å². The quantitative estimate of drug-likeness (QED) is 0.628. The zero-order valence-electron chi connectivity index (χ0n) is 19.2. The van der Waals surface area contributed by atoms with Crippen LogP contribution in [0.2, 0.25) is 0 Å². The van der Waals surface area contributed by atoms with Crippen molar-refractivity contribution >= 4 is 17.8 Å². The lowest BCUT2D eigenvalue weighted by atomic mass is 10.0. The number of carbonyl (C=O) groups is 2. The molecule has 1 aromatic carbocycles. The molecular formula is C25H33N3O3. The summed E-state index contributed by atoms with van der Waals surface area (Å²) in [6.45, 7) is 10.3. The Kier molecular flexibility index (Phi) is 6.98. The molecule has 0 unspecified atom stereocenters. The number of ether oxygens (including phenoxy) is 1. The van der Waals surface area contributed by atoms with Crippen LogP contribution in [0, 0.1) is 0 Å². The van der Waals surface area contributed by atoms with E-state index >= 15 is 0 Å². The van der Waals surface area contributed by atoms with E-state index in [2.05, 4.69) is 4.98 Å². The Morgan fingerprint density at radius 1 is 1.19 bits per heavy atom. The van der Waals surface area contributed by atoms with Gasteiger partial charge in [0.1, 0.15) is 11.4 Å². The largest absolute Gasteiger partial charge is 0.443 e. The first-order valence-electron chi connectivity index (χ1n) is 11.1. The van der Waals surface area contributed by atoms with Crippen molar-refractivity contribution in [2.75, 3.05) is 11.4 Å². The maximum absolute atomic E-state index is 13.2. The zero-order chi connectivity index (χ0) is 22.6. The Balaban J connectivity index is 1.99. The molecule has 2 aromatic rings. The summed E-state index contributed by atoms with van der Waals surface area (Å²) in [6, 6.07) is 13.0. The summed E-state index contributed by atoms with van der Waals surface area (Å²) < 4.78 is 5.70. The van der Waals surface area contributed by atoms with Crippen molar-refractivity contribution in [1.82, 2.24) is 9.88 Å². The summed E-state index contributed by atoms with van der Waals surface area (Å²) in [5.74, 6) is 0.578.